The molecule has 0 radical (unpaired) electrons. The van der Waals surface area contributed by atoms with Crippen molar-refractivity contribution in [2.45, 2.75) is 33.6 Å². The van der Waals surface area contributed by atoms with Gasteiger partial charge in [0.15, 0.2) is 0 Å². The number of ether oxygens (including phenoxy) is 1. The number of rotatable bonds is 6. The van der Waals surface area contributed by atoms with Gasteiger partial charge in [-0.1, -0.05) is 19.9 Å². The van der Waals surface area contributed by atoms with Crippen LogP contribution in [0.2, 0.25) is 0 Å². The zero-order chi connectivity index (χ0) is 11.7. The van der Waals surface area contributed by atoms with Crippen molar-refractivity contribution in [2.75, 3.05) is 6.61 Å². The summed E-state index contributed by atoms with van der Waals surface area (Å²) in [5.41, 5.74) is 5.78. The minimum atomic E-state index is -0.359. The molecule has 86 valence electrons. The Balaban J connectivity index is 4.39. The molecular formula is C12H21NO2. The first kappa shape index (κ1) is 13.8. The highest BCUT2D eigenvalue weighted by Crippen LogP contribution is 2.11. The van der Waals surface area contributed by atoms with Gasteiger partial charge in [-0.05, 0) is 31.8 Å². The molecule has 0 aliphatic rings. The average Bonchev–Trinajstić information content (AvgIpc) is 2.25. The molecule has 0 amide bonds. The zero-order valence-electron chi connectivity index (χ0n) is 9.82. The molecule has 0 unspecified atom stereocenters. The maximum absolute atomic E-state index is 11.3. The minimum Gasteiger partial charge on any atom is -0.462 e. The third-order valence-electron chi connectivity index (χ3n) is 2.29. The molecule has 0 atom stereocenters. The summed E-state index contributed by atoms with van der Waals surface area (Å²) in [7, 11) is 0. The van der Waals surface area contributed by atoms with Gasteiger partial charge in [0.2, 0.25) is 0 Å². The van der Waals surface area contributed by atoms with E-state index in [1.807, 2.05) is 6.08 Å². The topological polar surface area (TPSA) is 52.3 Å². The number of esters is 1. The van der Waals surface area contributed by atoms with E-state index in [4.69, 9.17) is 10.5 Å². The van der Waals surface area contributed by atoms with Crippen molar-refractivity contribution in [1.29, 1.82) is 0 Å². The lowest BCUT2D eigenvalue weighted by Crippen LogP contribution is -2.08. The first-order valence-electron chi connectivity index (χ1n) is 5.46. The summed E-state index contributed by atoms with van der Waals surface area (Å²) < 4.78 is 4.86. The van der Waals surface area contributed by atoms with Crippen molar-refractivity contribution in [3.8, 4) is 0 Å². The van der Waals surface area contributed by atoms with E-state index in [9.17, 15) is 4.79 Å². The van der Waals surface area contributed by atoms with Gasteiger partial charge in [-0.15, -0.1) is 0 Å². The Morgan fingerprint density at radius 1 is 1.33 bits per heavy atom. The lowest BCUT2D eigenvalue weighted by atomic mass is 10.0. The number of hydrogen-bond acceptors (Lipinski definition) is 3. The van der Waals surface area contributed by atoms with Crippen LogP contribution in [-0.2, 0) is 9.53 Å². The van der Waals surface area contributed by atoms with Gasteiger partial charge < -0.3 is 10.5 Å². The maximum atomic E-state index is 11.3. The van der Waals surface area contributed by atoms with Crippen LogP contribution in [0.4, 0.5) is 0 Å². The molecule has 2 N–H and O–H groups in total. The molecule has 0 fully saturated rings. The molecule has 0 saturated heterocycles. The summed E-state index contributed by atoms with van der Waals surface area (Å²) in [6, 6.07) is 0. The van der Waals surface area contributed by atoms with E-state index < -0.39 is 0 Å². The van der Waals surface area contributed by atoms with Gasteiger partial charge in [-0.3, -0.25) is 0 Å². The number of allylic oxidation sites excluding steroid dienone is 1. The van der Waals surface area contributed by atoms with E-state index >= 15 is 0 Å². The van der Waals surface area contributed by atoms with E-state index in [2.05, 4.69) is 13.8 Å². The van der Waals surface area contributed by atoms with Gasteiger partial charge in [-0.2, -0.15) is 0 Å². The molecule has 0 aromatic heterocycles. The van der Waals surface area contributed by atoms with Crippen LogP contribution in [0.1, 0.15) is 33.6 Å². The van der Waals surface area contributed by atoms with E-state index in [1.54, 1.807) is 13.0 Å². The first-order valence-corrected chi connectivity index (χ1v) is 5.46. The molecule has 0 bridgehead atoms. The van der Waals surface area contributed by atoms with Crippen molar-refractivity contribution in [3.05, 3.63) is 23.9 Å². The van der Waals surface area contributed by atoms with E-state index in [0.29, 0.717) is 18.1 Å². The van der Waals surface area contributed by atoms with E-state index in [1.165, 1.54) is 6.20 Å². The van der Waals surface area contributed by atoms with Gasteiger partial charge >= 0.3 is 5.97 Å². The normalized spacial score (nSPS) is 12.4. The highest BCUT2D eigenvalue weighted by Gasteiger charge is 2.06. The fourth-order valence-corrected chi connectivity index (χ4v) is 1.21. The summed E-state index contributed by atoms with van der Waals surface area (Å²) in [5, 5.41) is 0. The fourth-order valence-electron chi connectivity index (χ4n) is 1.21. The second-order valence-corrected chi connectivity index (χ2v) is 3.28. The Hall–Kier alpha value is -1.25. The van der Waals surface area contributed by atoms with Crippen LogP contribution < -0.4 is 5.73 Å². The van der Waals surface area contributed by atoms with Crippen molar-refractivity contribution in [2.24, 2.45) is 11.7 Å². The number of nitrogens with two attached hydrogens (primary N) is 1. The maximum Gasteiger partial charge on any atom is 0.339 e. The second-order valence-electron chi connectivity index (χ2n) is 3.28. The van der Waals surface area contributed by atoms with Gasteiger partial charge in [0.05, 0.1) is 12.2 Å². The zero-order valence-corrected chi connectivity index (χ0v) is 9.82. The SMILES string of the molecule is CCOC(=O)C(/C=C\C(CC)CC)=C/N. The fraction of sp³-hybridized carbons (Fsp3) is 0.583. The third-order valence-corrected chi connectivity index (χ3v) is 2.29. The molecule has 3 nitrogen and oxygen atoms in total. The third kappa shape index (κ3) is 5.25. The summed E-state index contributed by atoms with van der Waals surface area (Å²) >= 11 is 0. The lowest BCUT2D eigenvalue weighted by molar-refractivity contribution is -0.138. The average molecular weight is 211 g/mol. The van der Waals surface area contributed by atoms with Crippen LogP contribution in [0, 0.1) is 5.92 Å². The number of carbonyl (C=O) groups excluding carboxylic acids is 1. The Morgan fingerprint density at radius 2 is 1.93 bits per heavy atom. The molecule has 0 aromatic rings. The Kier molecular flexibility index (Phi) is 7.42. The summed E-state index contributed by atoms with van der Waals surface area (Å²) in [5.74, 6) is 0.136. The molecule has 0 rings (SSSR count). The standard InChI is InChI=1S/C12H21NO2/c1-4-10(5-2)7-8-11(9-13)12(14)15-6-3/h7-10H,4-6,13H2,1-3H3/b8-7-,11-9+. The summed E-state index contributed by atoms with van der Waals surface area (Å²) in [6.07, 6.45) is 7.17. The molecule has 0 saturated carbocycles. The van der Waals surface area contributed by atoms with Gasteiger partial charge in [0.25, 0.3) is 0 Å². The quantitative estimate of drug-likeness (QED) is 0.417. The lowest BCUT2D eigenvalue weighted by Gasteiger charge is -2.06. The van der Waals surface area contributed by atoms with Crippen molar-refractivity contribution in [1.82, 2.24) is 0 Å². The largest absolute Gasteiger partial charge is 0.462 e. The molecule has 0 spiro atoms. The number of hydrogen-bond donors (Lipinski definition) is 1. The first-order chi connectivity index (χ1) is 7.19. The van der Waals surface area contributed by atoms with Gasteiger partial charge in [0, 0.05) is 6.20 Å². The smallest absolute Gasteiger partial charge is 0.339 e. The Morgan fingerprint density at radius 3 is 2.33 bits per heavy atom. The van der Waals surface area contributed by atoms with Crippen LogP contribution in [0.5, 0.6) is 0 Å². The molecule has 0 heterocycles. The predicted octanol–water partition coefficient (Wildman–Crippen LogP) is 2.38. The highest BCUT2D eigenvalue weighted by molar-refractivity contribution is 5.91. The van der Waals surface area contributed by atoms with Crippen LogP contribution in [0.25, 0.3) is 0 Å². The van der Waals surface area contributed by atoms with E-state index in [0.717, 1.165) is 12.8 Å². The van der Waals surface area contributed by atoms with Gasteiger partial charge in [0.1, 0.15) is 0 Å². The molecular weight excluding hydrogens is 190 g/mol. The Bertz CT molecular complexity index is 240. The summed E-state index contributed by atoms with van der Waals surface area (Å²) in [4.78, 5) is 11.3. The van der Waals surface area contributed by atoms with Crippen molar-refractivity contribution in [3.63, 3.8) is 0 Å². The Labute approximate surface area is 92.0 Å². The molecule has 3 heteroatoms. The van der Waals surface area contributed by atoms with Crippen LogP contribution in [-0.4, -0.2) is 12.6 Å². The second kappa shape index (κ2) is 8.09. The summed E-state index contributed by atoms with van der Waals surface area (Å²) in [6.45, 7) is 6.38. The minimum absolute atomic E-state index is 0.359. The van der Waals surface area contributed by atoms with Crippen LogP contribution in [0.15, 0.2) is 23.9 Å². The molecule has 0 aliphatic heterocycles. The van der Waals surface area contributed by atoms with E-state index in [-0.39, 0.29) is 5.97 Å². The number of carbonyl (C=O) groups is 1. The predicted molar refractivity (Wildman–Crippen MR) is 62.1 cm³/mol. The van der Waals surface area contributed by atoms with Crippen LogP contribution >= 0.6 is 0 Å². The van der Waals surface area contributed by atoms with Gasteiger partial charge in [-0.25, -0.2) is 4.79 Å². The molecule has 0 aromatic carbocycles. The monoisotopic (exact) mass is 211 g/mol. The van der Waals surface area contributed by atoms with Crippen molar-refractivity contribution >= 4 is 5.97 Å². The highest BCUT2D eigenvalue weighted by atomic mass is 16.5. The molecule has 0 aliphatic carbocycles. The molecule has 15 heavy (non-hydrogen) atoms. The van der Waals surface area contributed by atoms with Crippen LogP contribution in [0.3, 0.4) is 0 Å². The van der Waals surface area contributed by atoms with Crippen molar-refractivity contribution < 1.29 is 9.53 Å².